The molecule has 4 nitrogen and oxygen atoms in total. The molecule has 5 heteroatoms. The first kappa shape index (κ1) is 17.3. The molecule has 0 bridgehead atoms. The van der Waals surface area contributed by atoms with Gasteiger partial charge < -0.3 is 10.5 Å². The maximum absolute atomic E-state index is 9.61. The average molecular weight is 374 g/mol. The molecule has 1 heterocycles. The second-order valence-electron chi connectivity index (χ2n) is 5.25. The van der Waals surface area contributed by atoms with Gasteiger partial charge in [-0.15, -0.1) is 0 Å². The zero-order valence-electron chi connectivity index (χ0n) is 13.6. The molecule has 2 rings (SSSR count). The van der Waals surface area contributed by atoms with E-state index in [1.54, 1.807) is 0 Å². The minimum absolute atomic E-state index is 0.266. The van der Waals surface area contributed by atoms with E-state index in [9.17, 15) is 5.26 Å². The molecule has 0 unspecified atom stereocenters. The van der Waals surface area contributed by atoms with Crippen LogP contribution in [-0.2, 0) is 6.42 Å². The zero-order valence-corrected chi connectivity index (χ0v) is 15.2. The number of nitriles is 1. The van der Waals surface area contributed by atoms with Crippen molar-refractivity contribution in [3.05, 3.63) is 39.5 Å². The maximum Gasteiger partial charge on any atom is 0.142 e. The molecule has 2 aromatic rings. The average Bonchev–Trinajstić information content (AvgIpc) is 2.51. The molecule has 0 spiro atoms. The lowest BCUT2D eigenvalue weighted by molar-refractivity contribution is 0.341. The Kier molecular flexibility index (Phi) is 5.62. The second-order valence-corrected chi connectivity index (χ2v) is 6.16. The number of benzene rings is 1. The fourth-order valence-corrected chi connectivity index (χ4v) is 3.07. The number of pyridine rings is 1. The number of nitrogens with zero attached hydrogens (tertiary/aromatic N) is 2. The molecule has 0 amide bonds. The van der Waals surface area contributed by atoms with Crippen molar-refractivity contribution in [1.82, 2.24) is 4.98 Å². The predicted octanol–water partition coefficient (Wildman–Crippen LogP) is 4.62. The van der Waals surface area contributed by atoms with Crippen molar-refractivity contribution in [2.24, 2.45) is 0 Å². The molecule has 0 aliphatic carbocycles. The maximum atomic E-state index is 9.61. The van der Waals surface area contributed by atoms with E-state index in [1.807, 2.05) is 32.0 Å². The summed E-state index contributed by atoms with van der Waals surface area (Å²) < 4.78 is 6.69. The van der Waals surface area contributed by atoms with Crippen LogP contribution in [0.25, 0.3) is 11.1 Å². The van der Waals surface area contributed by atoms with Crippen molar-refractivity contribution >= 4 is 21.7 Å². The number of aromatic nitrogens is 1. The third-order valence-corrected chi connectivity index (χ3v) is 4.15. The van der Waals surface area contributed by atoms with Crippen molar-refractivity contribution in [3.63, 3.8) is 0 Å². The van der Waals surface area contributed by atoms with Gasteiger partial charge in [-0.25, -0.2) is 4.98 Å². The zero-order chi connectivity index (χ0) is 17.0. The van der Waals surface area contributed by atoms with Crippen LogP contribution in [0.15, 0.2) is 22.7 Å². The SMILES string of the molecule is CCCc1c(C)nc(N)c(C#N)c1-c1cc(Br)ccc1OCC. The first-order valence-electron chi connectivity index (χ1n) is 7.65. The smallest absolute Gasteiger partial charge is 0.142 e. The van der Waals surface area contributed by atoms with Gasteiger partial charge in [-0.3, -0.25) is 0 Å². The summed E-state index contributed by atoms with van der Waals surface area (Å²) >= 11 is 3.51. The molecule has 0 radical (unpaired) electrons. The van der Waals surface area contributed by atoms with Crippen molar-refractivity contribution in [1.29, 1.82) is 5.26 Å². The number of hydrogen-bond donors (Lipinski definition) is 1. The van der Waals surface area contributed by atoms with Crippen LogP contribution in [0, 0.1) is 18.3 Å². The third-order valence-electron chi connectivity index (χ3n) is 3.66. The van der Waals surface area contributed by atoms with Crippen LogP contribution in [0.1, 0.15) is 37.1 Å². The number of anilines is 1. The summed E-state index contributed by atoms with van der Waals surface area (Å²) in [6, 6.07) is 8.03. The lowest BCUT2D eigenvalue weighted by atomic mass is 9.91. The Bertz CT molecular complexity index is 766. The largest absolute Gasteiger partial charge is 0.493 e. The molecule has 0 saturated heterocycles. The van der Waals surface area contributed by atoms with E-state index in [2.05, 4.69) is 33.9 Å². The van der Waals surface area contributed by atoms with Gasteiger partial charge in [-0.1, -0.05) is 29.3 Å². The van der Waals surface area contributed by atoms with Crippen LogP contribution < -0.4 is 10.5 Å². The second kappa shape index (κ2) is 7.47. The highest BCUT2D eigenvalue weighted by Gasteiger charge is 2.20. The van der Waals surface area contributed by atoms with Crippen LogP contribution >= 0.6 is 15.9 Å². The van der Waals surface area contributed by atoms with E-state index in [-0.39, 0.29) is 5.82 Å². The number of ether oxygens (including phenoxy) is 1. The summed E-state index contributed by atoms with van der Waals surface area (Å²) in [6.07, 6.45) is 1.80. The van der Waals surface area contributed by atoms with Crippen LogP contribution in [0.4, 0.5) is 5.82 Å². The number of halogens is 1. The highest BCUT2D eigenvalue weighted by Crippen LogP contribution is 2.39. The van der Waals surface area contributed by atoms with Gasteiger partial charge in [0, 0.05) is 21.3 Å². The van der Waals surface area contributed by atoms with E-state index < -0.39 is 0 Å². The first-order chi connectivity index (χ1) is 11.0. The number of aryl methyl sites for hydroxylation is 1. The summed E-state index contributed by atoms with van der Waals surface area (Å²) in [4.78, 5) is 4.35. The summed E-state index contributed by atoms with van der Waals surface area (Å²) in [5.41, 5.74) is 10.1. The van der Waals surface area contributed by atoms with E-state index in [0.717, 1.165) is 45.4 Å². The third kappa shape index (κ3) is 3.48. The molecular formula is C18H20BrN3O. The highest BCUT2D eigenvalue weighted by atomic mass is 79.9. The Morgan fingerprint density at radius 1 is 1.35 bits per heavy atom. The normalized spacial score (nSPS) is 10.4. The highest BCUT2D eigenvalue weighted by molar-refractivity contribution is 9.10. The van der Waals surface area contributed by atoms with E-state index in [1.165, 1.54) is 0 Å². The number of hydrogen-bond acceptors (Lipinski definition) is 4. The van der Waals surface area contributed by atoms with E-state index in [4.69, 9.17) is 10.5 Å². The topological polar surface area (TPSA) is 71.9 Å². The lowest BCUT2D eigenvalue weighted by Crippen LogP contribution is -2.06. The van der Waals surface area contributed by atoms with Gasteiger partial charge in [-0.2, -0.15) is 5.26 Å². The first-order valence-corrected chi connectivity index (χ1v) is 8.44. The minimum atomic E-state index is 0.266. The monoisotopic (exact) mass is 373 g/mol. The van der Waals surface area contributed by atoms with Gasteiger partial charge in [0.05, 0.1) is 6.61 Å². The van der Waals surface area contributed by atoms with E-state index >= 15 is 0 Å². The molecule has 0 fully saturated rings. The fourth-order valence-electron chi connectivity index (χ4n) is 2.71. The van der Waals surface area contributed by atoms with Gasteiger partial charge in [0.2, 0.25) is 0 Å². The Morgan fingerprint density at radius 3 is 2.70 bits per heavy atom. The van der Waals surface area contributed by atoms with Crippen molar-refractivity contribution in [3.8, 4) is 22.9 Å². The van der Waals surface area contributed by atoms with Crippen LogP contribution in [0.5, 0.6) is 5.75 Å². The van der Waals surface area contributed by atoms with Gasteiger partial charge in [0.25, 0.3) is 0 Å². The van der Waals surface area contributed by atoms with Crippen molar-refractivity contribution in [2.75, 3.05) is 12.3 Å². The van der Waals surface area contributed by atoms with Gasteiger partial charge in [0.1, 0.15) is 23.2 Å². The summed E-state index contributed by atoms with van der Waals surface area (Å²) in [5, 5.41) is 9.61. The number of nitrogen functional groups attached to an aromatic ring is 1. The van der Waals surface area contributed by atoms with Gasteiger partial charge in [0.15, 0.2) is 0 Å². The predicted molar refractivity (Wildman–Crippen MR) is 96.4 cm³/mol. The molecular weight excluding hydrogens is 354 g/mol. The molecule has 0 atom stereocenters. The fraction of sp³-hybridized carbons (Fsp3) is 0.333. The molecule has 120 valence electrons. The van der Waals surface area contributed by atoms with Crippen LogP contribution in [0.3, 0.4) is 0 Å². The van der Waals surface area contributed by atoms with Crippen molar-refractivity contribution in [2.45, 2.75) is 33.6 Å². The Labute approximate surface area is 145 Å². The minimum Gasteiger partial charge on any atom is -0.493 e. The van der Waals surface area contributed by atoms with Crippen LogP contribution in [-0.4, -0.2) is 11.6 Å². The number of nitrogens with two attached hydrogens (primary N) is 1. The molecule has 0 saturated carbocycles. The van der Waals surface area contributed by atoms with Gasteiger partial charge >= 0.3 is 0 Å². The molecule has 2 N–H and O–H groups in total. The summed E-state index contributed by atoms with van der Waals surface area (Å²) in [5.74, 6) is 1.01. The molecule has 23 heavy (non-hydrogen) atoms. The molecule has 1 aromatic heterocycles. The molecule has 0 aliphatic heterocycles. The quantitative estimate of drug-likeness (QED) is 0.829. The lowest BCUT2D eigenvalue weighted by Gasteiger charge is -2.18. The Hall–Kier alpha value is -2.06. The molecule has 1 aromatic carbocycles. The Morgan fingerprint density at radius 2 is 2.09 bits per heavy atom. The standard InChI is InChI=1S/C18H20BrN3O/c1-4-6-13-11(3)22-18(21)15(10-20)17(13)14-9-12(19)7-8-16(14)23-5-2/h7-9H,4-6H2,1-3H3,(H2,21,22). The summed E-state index contributed by atoms with van der Waals surface area (Å²) in [7, 11) is 0. The number of rotatable bonds is 5. The van der Waals surface area contributed by atoms with Crippen molar-refractivity contribution < 1.29 is 4.74 Å². The Balaban J connectivity index is 2.86. The molecule has 0 aliphatic rings. The van der Waals surface area contributed by atoms with Gasteiger partial charge in [-0.05, 0) is 44.0 Å². The summed E-state index contributed by atoms with van der Waals surface area (Å²) in [6.45, 7) is 6.54. The van der Waals surface area contributed by atoms with Crippen LogP contribution in [0.2, 0.25) is 0 Å². The van der Waals surface area contributed by atoms with E-state index in [0.29, 0.717) is 12.2 Å².